The Hall–Kier alpha value is -2.97. The van der Waals surface area contributed by atoms with Crippen molar-refractivity contribution in [3.8, 4) is 34.3 Å². The van der Waals surface area contributed by atoms with E-state index < -0.39 is 6.10 Å². The first-order valence-corrected chi connectivity index (χ1v) is 10.3. The number of aromatic nitrogens is 3. The molecule has 1 aromatic carbocycles. The third kappa shape index (κ3) is 5.59. The van der Waals surface area contributed by atoms with E-state index in [4.69, 9.17) is 19.7 Å². The number of methoxy groups -OCH3 is 1. The van der Waals surface area contributed by atoms with Crippen LogP contribution in [0.15, 0.2) is 28.8 Å². The molecular weight excluding hydrogens is 396 g/mol. The van der Waals surface area contributed by atoms with Gasteiger partial charge in [0.25, 0.3) is 5.89 Å². The van der Waals surface area contributed by atoms with Crippen LogP contribution in [0, 0.1) is 19.8 Å². The molecule has 0 fully saturated rings. The quantitative estimate of drug-likeness (QED) is 0.535. The van der Waals surface area contributed by atoms with Gasteiger partial charge in [-0.1, -0.05) is 19.0 Å². The van der Waals surface area contributed by atoms with Crippen LogP contribution < -0.4 is 15.2 Å². The molecule has 31 heavy (non-hydrogen) atoms. The van der Waals surface area contributed by atoms with Gasteiger partial charge < -0.3 is 24.8 Å². The average Bonchev–Trinajstić information content (AvgIpc) is 3.21. The number of nitrogens with two attached hydrogens (primary N) is 1. The van der Waals surface area contributed by atoms with Crippen LogP contribution in [-0.4, -0.2) is 46.6 Å². The van der Waals surface area contributed by atoms with Crippen molar-refractivity contribution in [3.63, 3.8) is 0 Å². The van der Waals surface area contributed by atoms with E-state index in [1.54, 1.807) is 13.2 Å². The maximum atomic E-state index is 9.68. The highest BCUT2D eigenvalue weighted by molar-refractivity contribution is 5.65. The number of rotatable bonds is 9. The predicted octanol–water partition coefficient (Wildman–Crippen LogP) is 3.32. The second kappa shape index (κ2) is 9.89. The fourth-order valence-corrected chi connectivity index (χ4v) is 3.30. The normalized spacial score (nSPS) is 12.3. The highest BCUT2D eigenvalue weighted by Gasteiger charge is 2.17. The molecule has 2 heterocycles. The minimum absolute atomic E-state index is 0.0828. The molecule has 0 aliphatic heterocycles. The van der Waals surface area contributed by atoms with Crippen LogP contribution >= 0.6 is 0 Å². The summed E-state index contributed by atoms with van der Waals surface area (Å²) in [6.45, 7) is 8.38. The Morgan fingerprint density at radius 2 is 1.87 bits per heavy atom. The first-order chi connectivity index (χ1) is 14.8. The first-order valence-electron chi connectivity index (χ1n) is 10.3. The van der Waals surface area contributed by atoms with Gasteiger partial charge in [-0.2, -0.15) is 4.98 Å². The highest BCUT2D eigenvalue weighted by atomic mass is 16.5. The van der Waals surface area contributed by atoms with Gasteiger partial charge in [0.2, 0.25) is 5.82 Å². The maximum Gasteiger partial charge on any atom is 0.258 e. The van der Waals surface area contributed by atoms with E-state index in [-0.39, 0.29) is 13.2 Å². The van der Waals surface area contributed by atoms with E-state index >= 15 is 0 Å². The van der Waals surface area contributed by atoms with Crippen molar-refractivity contribution in [2.75, 3.05) is 20.3 Å². The van der Waals surface area contributed by atoms with Gasteiger partial charge in [0.05, 0.1) is 7.11 Å². The maximum absolute atomic E-state index is 9.68. The van der Waals surface area contributed by atoms with Crippen molar-refractivity contribution in [2.45, 2.75) is 40.2 Å². The topological polar surface area (TPSA) is 117 Å². The van der Waals surface area contributed by atoms with Gasteiger partial charge in [-0.25, -0.2) is 0 Å². The summed E-state index contributed by atoms with van der Waals surface area (Å²) in [6, 6.07) is 7.61. The molecule has 0 radical (unpaired) electrons. The summed E-state index contributed by atoms with van der Waals surface area (Å²) in [6.07, 6.45) is 0.139. The third-order valence-corrected chi connectivity index (χ3v) is 4.71. The standard InChI is InChI=1S/C23H30N4O4/c1-13(2)6-18-9-17(8-15(4)25-18)23-26-22(27-31-23)16-7-14(3)21(20(10-16)29-5)30-12-19(28)11-24/h7-10,13,19,28H,6,11-12,24H2,1-5H3/t19-/m0/s1. The van der Waals surface area contributed by atoms with Crippen molar-refractivity contribution in [3.05, 3.63) is 41.2 Å². The summed E-state index contributed by atoms with van der Waals surface area (Å²) in [5.74, 6) is 2.45. The van der Waals surface area contributed by atoms with E-state index in [1.807, 2.05) is 32.0 Å². The summed E-state index contributed by atoms with van der Waals surface area (Å²) in [5.41, 5.74) is 9.77. The number of hydrogen-bond donors (Lipinski definition) is 2. The van der Waals surface area contributed by atoms with Gasteiger partial charge >= 0.3 is 0 Å². The number of benzene rings is 1. The molecule has 1 atom stereocenters. The van der Waals surface area contributed by atoms with Crippen molar-refractivity contribution >= 4 is 0 Å². The Morgan fingerprint density at radius 3 is 2.55 bits per heavy atom. The Kier molecular flexibility index (Phi) is 7.25. The molecule has 3 aromatic rings. The third-order valence-electron chi connectivity index (χ3n) is 4.71. The molecule has 0 unspecified atom stereocenters. The van der Waals surface area contributed by atoms with Crippen LogP contribution in [0.5, 0.6) is 11.5 Å². The van der Waals surface area contributed by atoms with Gasteiger partial charge in [0, 0.05) is 29.1 Å². The number of ether oxygens (including phenoxy) is 2. The molecule has 0 bridgehead atoms. The van der Waals surface area contributed by atoms with Gasteiger partial charge in [-0.15, -0.1) is 0 Å². The smallest absolute Gasteiger partial charge is 0.258 e. The van der Waals surface area contributed by atoms with Gasteiger partial charge in [-0.05, 0) is 56.0 Å². The molecule has 3 N–H and O–H groups in total. The number of aliphatic hydroxyl groups is 1. The lowest BCUT2D eigenvalue weighted by Crippen LogP contribution is -2.26. The Bertz CT molecular complexity index is 1030. The summed E-state index contributed by atoms with van der Waals surface area (Å²) >= 11 is 0. The zero-order valence-corrected chi connectivity index (χ0v) is 18.7. The lowest BCUT2D eigenvalue weighted by Gasteiger charge is -2.16. The van der Waals surface area contributed by atoms with E-state index in [0.29, 0.717) is 29.1 Å². The second-order valence-corrected chi connectivity index (χ2v) is 8.03. The molecule has 0 saturated carbocycles. The van der Waals surface area contributed by atoms with Gasteiger partial charge in [0.1, 0.15) is 12.7 Å². The van der Waals surface area contributed by atoms with Crippen LogP contribution in [0.25, 0.3) is 22.8 Å². The molecule has 0 aliphatic rings. The first kappa shape index (κ1) is 22.7. The monoisotopic (exact) mass is 426 g/mol. The van der Waals surface area contributed by atoms with Crippen LogP contribution in [0.1, 0.15) is 30.8 Å². The van der Waals surface area contributed by atoms with E-state index in [2.05, 4.69) is 29.0 Å². The average molecular weight is 427 g/mol. The highest BCUT2D eigenvalue weighted by Crippen LogP contribution is 2.36. The predicted molar refractivity (Wildman–Crippen MR) is 118 cm³/mol. The fourth-order valence-electron chi connectivity index (χ4n) is 3.30. The summed E-state index contributed by atoms with van der Waals surface area (Å²) in [4.78, 5) is 9.19. The van der Waals surface area contributed by atoms with E-state index in [1.165, 1.54) is 0 Å². The number of nitrogens with zero attached hydrogens (tertiary/aromatic N) is 3. The van der Waals surface area contributed by atoms with Crippen molar-refractivity contribution in [2.24, 2.45) is 11.7 Å². The Morgan fingerprint density at radius 1 is 1.10 bits per heavy atom. The van der Waals surface area contributed by atoms with Crippen molar-refractivity contribution in [1.29, 1.82) is 0 Å². The number of pyridine rings is 1. The fraction of sp³-hybridized carbons (Fsp3) is 0.435. The summed E-state index contributed by atoms with van der Waals surface area (Å²) in [5, 5.41) is 13.8. The molecule has 0 aliphatic carbocycles. The number of aryl methyl sites for hydroxylation is 2. The minimum Gasteiger partial charge on any atom is -0.493 e. The zero-order valence-electron chi connectivity index (χ0n) is 18.7. The lowest BCUT2D eigenvalue weighted by atomic mass is 10.1. The Labute approximate surface area is 182 Å². The zero-order chi connectivity index (χ0) is 22.5. The van der Waals surface area contributed by atoms with E-state index in [9.17, 15) is 5.11 Å². The number of hydrogen-bond acceptors (Lipinski definition) is 8. The molecule has 0 spiro atoms. The Balaban J connectivity index is 1.90. The van der Waals surface area contributed by atoms with Crippen molar-refractivity contribution < 1.29 is 19.1 Å². The van der Waals surface area contributed by atoms with Crippen LogP contribution in [0.3, 0.4) is 0 Å². The van der Waals surface area contributed by atoms with Crippen LogP contribution in [-0.2, 0) is 6.42 Å². The molecule has 8 nitrogen and oxygen atoms in total. The molecule has 2 aromatic heterocycles. The minimum atomic E-state index is -0.743. The van der Waals surface area contributed by atoms with E-state index in [0.717, 1.165) is 34.5 Å². The number of aliphatic hydroxyl groups excluding tert-OH is 1. The van der Waals surface area contributed by atoms with Gasteiger partial charge in [-0.3, -0.25) is 4.98 Å². The molecule has 0 amide bonds. The van der Waals surface area contributed by atoms with Crippen LogP contribution in [0.4, 0.5) is 0 Å². The molecule has 0 saturated heterocycles. The lowest BCUT2D eigenvalue weighted by molar-refractivity contribution is 0.112. The van der Waals surface area contributed by atoms with Gasteiger partial charge in [0.15, 0.2) is 11.5 Å². The summed E-state index contributed by atoms with van der Waals surface area (Å²) in [7, 11) is 1.56. The largest absolute Gasteiger partial charge is 0.493 e. The summed E-state index contributed by atoms with van der Waals surface area (Å²) < 4.78 is 16.7. The second-order valence-electron chi connectivity index (χ2n) is 8.03. The molecule has 8 heteroatoms. The van der Waals surface area contributed by atoms with Crippen LogP contribution in [0.2, 0.25) is 0 Å². The SMILES string of the molecule is COc1cc(-c2noc(-c3cc(C)nc(CC(C)C)c3)n2)cc(C)c1OC[C@@H](O)CN. The molecule has 166 valence electrons. The molecular formula is C23H30N4O4. The molecule has 3 rings (SSSR count). The van der Waals surface area contributed by atoms with Crippen molar-refractivity contribution in [1.82, 2.24) is 15.1 Å².